The topological polar surface area (TPSA) is 78.8 Å². The van der Waals surface area contributed by atoms with Crippen LogP contribution >= 0.6 is 11.6 Å². The van der Waals surface area contributed by atoms with Crippen LogP contribution < -0.4 is 5.32 Å². The lowest BCUT2D eigenvalue weighted by molar-refractivity contribution is -0.137. The quantitative estimate of drug-likeness (QED) is 0.894. The van der Waals surface area contributed by atoms with Crippen molar-refractivity contribution in [3.05, 3.63) is 64.7 Å². The Labute approximate surface area is 144 Å². The van der Waals surface area contributed by atoms with E-state index >= 15 is 0 Å². The predicted molar refractivity (Wildman–Crippen MR) is 92.8 cm³/mol. The van der Waals surface area contributed by atoms with E-state index < -0.39 is 12.0 Å². The fourth-order valence-corrected chi connectivity index (χ4v) is 2.78. The second kappa shape index (κ2) is 6.84. The van der Waals surface area contributed by atoms with Crippen LogP contribution in [-0.2, 0) is 9.59 Å². The van der Waals surface area contributed by atoms with E-state index in [0.29, 0.717) is 16.4 Å². The number of hydrogen-bond acceptors (Lipinski definition) is 3. The first-order valence-electron chi connectivity index (χ1n) is 7.50. The number of halogens is 1. The number of carboxylic acids is 1. The number of fused-ring (bicyclic) bond motifs is 1. The highest BCUT2D eigenvalue weighted by atomic mass is 35.5. The van der Waals surface area contributed by atoms with Crippen LogP contribution in [0.15, 0.2) is 53.5 Å². The maximum Gasteiger partial charge on any atom is 0.303 e. The summed E-state index contributed by atoms with van der Waals surface area (Å²) in [5.74, 6) is -1.27. The van der Waals surface area contributed by atoms with Gasteiger partial charge in [-0.25, -0.2) is 0 Å². The monoisotopic (exact) mass is 342 g/mol. The smallest absolute Gasteiger partial charge is 0.303 e. The van der Waals surface area contributed by atoms with Crippen molar-refractivity contribution >= 4 is 34.9 Å². The van der Waals surface area contributed by atoms with Gasteiger partial charge in [0.2, 0.25) is 5.91 Å². The Morgan fingerprint density at radius 2 is 1.96 bits per heavy atom. The first kappa shape index (κ1) is 16.2. The molecule has 0 bridgehead atoms. The molecule has 0 radical (unpaired) electrons. The fourth-order valence-electron chi connectivity index (χ4n) is 2.60. The highest BCUT2D eigenvalue weighted by Crippen LogP contribution is 2.28. The number of benzodiazepines with no additional fused rings is 1. The van der Waals surface area contributed by atoms with Crippen molar-refractivity contribution in [3.8, 4) is 0 Å². The molecule has 2 aromatic rings. The molecule has 1 unspecified atom stereocenters. The van der Waals surface area contributed by atoms with Crippen LogP contribution in [0.3, 0.4) is 0 Å². The third-order valence-corrected chi connectivity index (χ3v) is 4.00. The Morgan fingerprint density at radius 1 is 1.21 bits per heavy atom. The summed E-state index contributed by atoms with van der Waals surface area (Å²) in [5, 5.41) is 12.3. The SMILES string of the molecule is O=C(O)CCC1N=C(c2ccccc2)c2cc(Cl)ccc2NC1=O. The molecular weight excluding hydrogens is 328 g/mol. The third kappa shape index (κ3) is 3.46. The van der Waals surface area contributed by atoms with Gasteiger partial charge in [0, 0.05) is 22.6 Å². The van der Waals surface area contributed by atoms with Gasteiger partial charge in [0.1, 0.15) is 6.04 Å². The van der Waals surface area contributed by atoms with Crippen molar-refractivity contribution in [1.82, 2.24) is 0 Å². The molecule has 0 spiro atoms. The third-order valence-electron chi connectivity index (χ3n) is 3.76. The van der Waals surface area contributed by atoms with E-state index in [9.17, 15) is 9.59 Å². The maximum atomic E-state index is 12.4. The van der Waals surface area contributed by atoms with E-state index in [2.05, 4.69) is 10.3 Å². The lowest BCUT2D eigenvalue weighted by Gasteiger charge is -2.10. The number of rotatable bonds is 4. The molecule has 24 heavy (non-hydrogen) atoms. The molecule has 5 nitrogen and oxygen atoms in total. The number of nitrogens with zero attached hydrogens (tertiary/aromatic N) is 1. The zero-order valence-electron chi connectivity index (χ0n) is 12.7. The number of nitrogens with one attached hydrogen (secondary N) is 1. The summed E-state index contributed by atoms with van der Waals surface area (Å²) in [7, 11) is 0. The Bertz CT molecular complexity index is 818. The first-order chi connectivity index (χ1) is 11.5. The number of carbonyl (C=O) groups excluding carboxylic acids is 1. The molecule has 1 amide bonds. The van der Waals surface area contributed by atoms with Crippen LogP contribution in [0.25, 0.3) is 0 Å². The van der Waals surface area contributed by atoms with Crippen LogP contribution in [0.4, 0.5) is 5.69 Å². The van der Waals surface area contributed by atoms with Crippen LogP contribution in [0.2, 0.25) is 5.02 Å². The molecule has 0 saturated heterocycles. The Morgan fingerprint density at radius 3 is 2.67 bits per heavy atom. The predicted octanol–water partition coefficient (Wildman–Crippen LogP) is 3.36. The van der Waals surface area contributed by atoms with Gasteiger partial charge in [0.15, 0.2) is 0 Å². The van der Waals surface area contributed by atoms with Gasteiger partial charge in [0.25, 0.3) is 0 Å². The van der Waals surface area contributed by atoms with E-state index in [1.54, 1.807) is 18.2 Å². The lowest BCUT2D eigenvalue weighted by atomic mass is 10.0. The van der Waals surface area contributed by atoms with Crippen LogP contribution in [0.5, 0.6) is 0 Å². The molecule has 2 N–H and O–H groups in total. The molecule has 6 heteroatoms. The molecule has 2 aromatic carbocycles. The van der Waals surface area contributed by atoms with Gasteiger partial charge in [-0.1, -0.05) is 41.9 Å². The van der Waals surface area contributed by atoms with Crippen LogP contribution in [0, 0.1) is 0 Å². The molecule has 3 rings (SSSR count). The molecule has 1 aliphatic heterocycles. The highest BCUT2D eigenvalue weighted by Gasteiger charge is 2.26. The minimum Gasteiger partial charge on any atom is -0.481 e. The van der Waals surface area contributed by atoms with Crippen LogP contribution in [0.1, 0.15) is 24.0 Å². The summed E-state index contributed by atoms with van der Waals surface area (Å²) < 4.78 is 0. The molecule has 0 fully saturated rings. The van der Waals surface area contributed by atoms with Crippen molar-refractivity contribution in [2.24, 2.45) is 4.99 Å². The molecule has 1 aliphatic rings. The molecule has 0 aromatic heterocycles. The summed E-state index contributed by atoms with van der Waals surface area (Å²) in [6, 6.07) is 13.9. The number of aliphatic imine (C=N–C) groups is 1. The summed E-state index contributed by atoms with van der Waals surface area (Å²) in [4.78, 5) is 27.8. The number of aliphatic carboxylic acids is 1. The fraction of sp³-hybridized carbons (Fsp3) is 0.167. The van der Waals surface area contributed by atoms with E-state index in [-0.39, 0.29) is 18.7 Å². The van der Waals surface area contributed by atoms with Gasteiger partial charge < -0.3 is 10.4 Å². The first-order valence-corrected chi connectivity index (χ1v) is 7.88. The number of carbonyl (C=O) groups is 2. The molecule has 0 aliphatic carbocycles. The van der Waals surface area contributed by atoms with Crippen molar-refractivity contribution in [2.45, 2.75) is 18.9 Å². The Hall–Kier alpha value is -2.66. The van der Waals surface area contributed by atoms with E-state index in [1.807, 2.05) is 30.3 Å². The lowest BCUT2D eigenvalue weighted by Crippen LogP contribution is -2.26. The minimum atomic E-state index is -0.955. The summed E-state index contributed by atoms with van der Waals surface area (Å²) in [6.07, 6.45) is 0.0139. The molecule has 0 saturated carbocycles. The van der Waals surface area contributed by atoms with Gasteiger partial charge in [-0.05, 0) is 24.6 Å². The molecule has 1 heterocycles. The summed E-state index contributed by atoms with van der Waals surface area (Å²) in [5.41, 5.74) is 2.81. The second-order valence-corrected chi connectivity index (χ2v) is 5.91. The van der Waals surface area contributed by atoms with Crippen molar-refractivity contribution in [2.75, 3.05) is 5.32 Å². The second-order valence-electron chi connectivity index (χ2n) is 5.47. The number of amides is 1. The van der Waals surface area contributed by atoms with Gasteiger partial charge >= 0.3 is 5.97 Å². The normalized spacial score (nSPS) is 16.6. The van der Waals surface area contributed by atoms with Crippen molar-refractivity contribution < 1.29 is 14.7 Å². The van der Waals surface area contributed by atoms with Gasteiger partial charge in [-0.2, -0.15) is 0 Å². The van der Waals surface area contributed by atoms with Crippen molar-refractivity contribution in [1.29, 1.82) is 0 Å². The van der Waals surface area contributed by atoms with E-state index in [1.165, 1.54) is 0 Å². The average molecular weight is 343 g/mol. The zero-order valence-corrected chi connectivity index (χ0v) is 13.5. The number of carboxylic acid groups (broad SMARTS) is 1. The summed E-state index contributed by atoms with van der Waals surface area (Å²) >= 11 is 6.11. The zero-order chi connectivity index (χ0) is 17.1. The number of hydrogen-bond donors (Lipinski definition) is 2. The summed E-state index contributed by atoms with van der Waals surface area (Å²) in [6.45, 7) is 0. The Balaban J connectivity index is 2.10. The van der Waals surface area contributed by atoms with Gasteiger partial charge in [-0.15, -0.1) is 0 Å². The minimum absolute atomic E-state index is 0.124. The molecule has 122 valence electrons. The molecule has 1 atom stereocenters. The Kier molecular flexibility index (Phi) is 4.62. The largest absolute Gasteiger partial charge is 0.481 e. The molecular formula is C18H15ClN2O3. The number of benzene rings is 2. The van der Waals surface area contributed by atoms with Crippen LogP contribution in [-0.4, -0.2) is 28.7 Å². The average Bonchev–Trinajstić information content (AvgIpc) is 2.70. The maximum absolute atomic E-state index is 12.4. The highest BCUT2D eigenvalue weighted by molar-refractivity contribution is 6.32. The van der Waals surface area contributed by atoms with E-state index in [0.717, 1.165) is 11.1 Å². The van der Waals surface area contributed by atoms with Crippen molar-refractivity contribution in [3.63, 3.8) is 0 Å². The van der Waals surface area contributed by atoms with Gasteiger partial charge in [-0.3, -0.25) is 14.6 Å². The standard InChI is InChI=1S/C18H15ClN2O3/c19-12-6-7-14-13(10-12)17(11-4-2-1-3-5-11)20-15(18(24)21-14)8-9-16(22)23/h1-7,10,15H,8-9H2,(H,21,24)(H,22,23). The van der Waals surface area contributed by atoms with E-state index in [4.69, 9.17) is 16.7 Å². The number of anilines is 1. The van der Waals surface area contributed by atoms with Gasteiger partial charge in [0.05, 0.1) is 11.4 Å².